The number of aliphatic imine (C=N–C) groups is 1. The minimum Gasteiger partial charge on any atom is -0.326 e. The molecule has 0 saturated carbocycles. The fourth-order valence-corrected chi connectivity index (χ4v) is 1.69. The van der Waals surface area contributed by atoms with Gasteiger partial charge in [0.15, 0.2) is 6.17 Å². The second-order valence-corrected chi connectivity index (χ2v) is 6.00. The molecular formula is C11H9Cl3N2OS. The molecule has 0 aliphatic heterocycles. The van der Waals surface area contributed by atoms with E-state index in [9.17, 15) is 4.79 Å². The van der Waals surface area contributed by atoms with E-state index >= 15 is 0 Å². The van der Waals surface area contributed by atoms with Crippen LogP contribution < -0.4 is 5.32 Å². The van der Waals surface area contributed by atoms with Crippen molar-refractivity contribution >= 4 is 58.1 Å². The van der Waals surface area contributed by atoms with Crippen LogP contribution in [-0.4, -0.2) is 21.0 Å². The molecule has 0 fully saturated rings. The zero-order valence-electron chi connectivity index (χ0n) is 9.28. The third-order valence-electron chi connectivity index (χ3n) is 2.15. The first kappa shape index (κ1) is 15.4. The Balaban J connectivity index is 2.93. The predicted molar refractivity (Wildman–Crippen MR) is 77.7 cm³/mol. The Morgan fingerprint density at radius 3 is 2.56 bits per heavy atom. The SMILES string of the molecule is Cc1ccccc1C(=O)NC(N=C=S)C(Cl)(Cl)Cl. The fourth-order valence-electron chi connectivity index (χ4n) is 1.27. The lowest BCUT2D eigenvalue weighted by molar-refractivity contribution is 0.0938. The molecule has 1 amide bonds. The van der Waals surface area contributed by atoms with Gasteiger partial charge >= 0.3 is 0 Å². The maximum atomic E-state index is 12.0. The third-order valence-corrected chi connectivity index (χ3v) is 2.87. The Bertz CT molecular complexity index is 495. The van der Waals surface area contributed by atoms with Crippen molar-refractivity contribution in [1.29, 1.82) is 0 Å². The number of carbonyl (C=O) groups is 1. The quantitative estimate of drug-likeness (QED) is 0.525. The first-order valence-corrected chi connectivity index (χ1v) is 6.40. The summed E-state index contributed by atoms with van der Waals surface area (Å²) >= 11 is 21.5. The van der Waals surface area contributed by atoms with Crippen LogP contribution in [0.2, 0.25) is 0 Å². The van der Waals surface area contributed by atoms with Gasteiger partial charge in [0, 0.05) is 5.56 Å². The first-order valence-electron chi connectivity index (χ1n) is 4.86. The van der Waals surface area contributed by atoms with E-state index in [0.29, 0.717) is 5.56 Å². The zero-order valence-corrected chi connectivity index (χ0v) is 12.4. The van der Waals surface area contributed by atoms with Gasteiger partial charge in [0.1, 0.15) is 0 Å². The number of hydrogen-bond donors (Lipinski definition) is 1. The number of benzene rings is 1. The largest absolute Gasteiger partial charge is 0.326 e. The van der Waals surface area contributed by atoms with Crippen molar-refractivity contribution in [3.63, 3.8) is 0 Å². The highest BCUT2D eigenvalue weighted by atomic mass is 35.6. The number of nitrogens with zero attached hydrogens (tertiary/aromatic N) is 1. The van der Waals surface area contributed by atoms with E-state index in [1.54, 1.807) is 12.1 Å². The van der Waals surface area contributed by atoms with Gasteiger partial charge in [-0.1, -0.05) is 53.0 Å². The summed E-state index contributed by atoms with van der Waals surface area (Å²) in [4.78, 5) is 15.6. The molecule has 1 atom stereocenters. The molecule has 0 aliphatic carbocycles. The van der Waals surface area contributed by atoms with Crippen LogP contribution in [0.25, 0.3) is 0 Å². The van der Waals surface area contributed by atoms with Crippen molar-refractivity contribution in [2.45, 2.75) is 16.9 Å². The summed E-state index contributed by atoms with van der Waals surface area (Å²) in [5, 5.41) is 4.57. The molecule has 3 nitrogen and oxygen atoms in total. The van der Waals surface area contributed by atoms with Crippen molar-refractivity contribution in [2.75, 3.05) is 0 Å². The van der Waals surface area contributed by atoms with Crippen molar-refractivity contribution in [3.8, 4) is 0 Å². The van der Waals surface area contributed by atoms with Gasteiger partial charge in [-0.05, 0) is 30.8 Å². The maximum absolute atomic E-state index is 12.0. The van der Waals surface area contributed by atoms with Crippen molar-refractivity contribution in [2.24, 2.45) is 4.99 Å². The van der Waals surface area contributed by atoms with E-state index in [0.717, 1.165) is 5.56 Å². The van der Waals surface area contributed by atoms with Crippen LogP contribution in [0.3, 0.4) is 0 Å². The van der Waals surface area contributed by atoms with E-state index in [1.165, 1.54) is 0 Å². The van der Waals surface area contributed by atoms with E-state index in [-0.39, 0.29) is 0 Å². The van der Waals surface area contributed by atoms with Crippen LogP contribution in [0.4, 0.5) is 0 Å². The smallest absolute Gasteiger partial charge is 0.253 e. The average molecular weight is 324 g/mol. The summed E-state index contributed by atoms with van der Waals surface area (Å²) in [6.07, 6.45) is -1.08. The van der Waals surface area contributed by atoms with Crippen molar-refractivity contribution in [3.05, 3.63) is 35.4 Å². The number of hydrogen-bond acceptors (Lipinski definition) is 3. The maximum Gasteiger partial charge on any atom is 0.253 e. The predicted octanol–water partition coefficient (Wildman–Crippen LogP) is 3.52. The molecule has 7 heteroatoms. The second kappa shape index (κ2) is 6.50. The minimum atomic E-state index is -1.79. The lowest BCUT2D eigenvalue weighted by Gasteiger charge is -2.20. The van der Waals surface area contributed by atoms with Gasteiger partial charge < -0.3 is 5.32 Å². The number of alkyl halides is 3. The molecule has 96 valence electrons. The number of halogens is 3. The Kier molecular flexibility index (Phi) is 5.57. The second-order valence-electron chi connectivity index (χ2n) is 3.45. The highest BCUT2D eigenvalue weighted by Gasteiger charge is 2.34. The normalized spacial score (nSPS) is 12.4. The van der Waals surface area contributed by atoms with Gasteiger partial charge in [-0.2, -0.15) is 0 Å². The lowest BCUT2D eigenvalue weighted by Crippen LogP contribution is -2.42. The third kappa shape index (κ3) is 4.23. The number of aryl methyl sites for hydroxylation is 1. The Labute approximate surface area is 125 Å². The van der Waals surface area contributed by atoms with Crippen molar-refractivity contribution in [1.82, 2.24) is 5.32 Å². The number of carbonyl (C=O) groups excluding carboxylic acids is 1. The zero-order chi connectivity index (χ0) is 13.8. The van der Waals surface area contributed by atoms with Crippen LogP contribution in [0.5, 0.6) is 0 Å². The molecule has 0 radical (unpaired) electrons. The molecule has 0 spiro atoms. The molecule has 0 aromatic heterocycles. The highest BCUT2D eigenvalue weighted by Crippen LogP contribution is 2.31. The summed E-state index contributed by atoms with van der Waals surface area (Å²) in [5.41, 5.74) is 1.29. The van der Waals surface area contributed by atoms with Crippen molar-refractivity contribution < 1.29 is 4.79 Å². The van der Waals surface area contributed by atoms with E-state index < -0.39 is 15.9 Å². The molecule has 1 N–H and O–H groups in total. The summed E-state index contributed by atoms with van der Waals surface area (Å²) < 4.78 is -1.79. The van der Waals surface area contributed by atoms with Gasteiger partial charge in [0.25, 0.3) is 5.91 Å². The van der Waals surface area contributed by atoms with Gasteiger partial charge in [0.2, 0.25) is 3.79 Å². The summed E-state index contributed by atoms with van der Waals surface area (Å²) in [6.45, 7) is 1.81. The van der Waals surface area contributed by atoms with Crippen LogP contribution in [0.15, 0.2) is 29.3 Å². The molecule has 0 bridgehead atoms. The monoisotopic (exact) mass is 322 g/mol. The molecule has 18 heavy (non-hydrogen) atoms. The molecule has 1 rings (SSSR count). The summed E-state index contributed by atoms with van der Waals surface area (Å²) in [5.74, 6) is -0.390. The van der Waals surface area contributed by atoms with Crippen LogP contribution in [0, 0.1) is 6.92 Å². The molecule has 1 aromatic carbocycles. The van der Waals surface area contributed by atoms with Gasteiger partial charge in [-0.15, -0.1) is 0 Å². The molecular weight excluding hydrogens is 315 g/mol. The molecule has 0 aliphatic rings. The van der Waals surface area contributed by atoms with E-state index in [1.807, 2.05) is 19.1 Å². The fraction of sp³-hybridized carbons (Fsp3) is 0.273. The number of rotatable bonds is 3. The van der Waals surface area contributed by atoms with E-state index in [4.69, 9.17) is 34.8 Å². The Hall–Kier alpha value is -0.640. The van der Waals surface area contributed by atoms with Crippen LogP contribution >= 0.6 is 47.0 Å². The minimum absolute atomic E-state index is 0.390. The molecule has 1 aromatic rings. The van der Waals surface area contributed by atoms with Gasteiger partial charge in [-0.3, -0.25) is 4.79 Å². The summed E-state index contributed by atoms with van der Waals surface area (Å²) in [6, 6.07) is 7.05. The lowest BCUT2D eigenvalue weighted by atomic mass is 10.1. The molecule has 1 unspecified atom stereocenters. The number of nitrogens with one attached hydrogen (secondary N) is 1. The standard InChI is InChI=1S/C11H9Cl3N2OS/c1-7-4-2-3-5-8(7)9(17)16-10(15-6-18)11(12,13)14/h2-5,10H,1H3,(H,16,17). The first-order chi connectivity index (χ1) is 8.36. The van der Waals surface area contributed by atoms with Gasteiger partial charge in [-0.25, -0.2) is 4.99 Å². The average Bonchev–Trinajstić information content (AvgIpc) is 2.27. The molecule has 0 saturated heterocycles. The molecule has 0 heterocycles. The Morgan fingerprint density at radius 2 is 2.06 bits per heavy atom. The Morgan fingerprint density at radius 1 is 1.44 bits per heavy atom. The van der Waals surface area contributed by atoms with Crippen LogP contribution in [-0.2, 0) is 0 Å². The van der Waals surface area contributed by atoms with Crippen LogP contribution in [0.1, 0.15) is 15.9 Å². The number of thiocarbonyl (C=S) groups is 1. The number of isothiocyanates is 1. The summed E-state index contributed by atoms with van der Waals surface area (Å²) in [7, 11) is 0. The van der Waals surface area contributed by atoms with E-state index in [2.05, 4.69) is 27.7 Å². The van der Waals surface area contributed by atoms with Gasteiger partial charge in [0.05, 0.1) is 5.16 Å². The number of amides is 1. The highest BCUT2D eigenvalue weighted by molar-refractivity contribution is 7.78. The topological polar surface area (TPSA) is 41.5 Å².